The summed E-state index contributed by atoms with van der Waals surface area (Å²) in [5.41, 5.74) is 3.70. The molecule has 1 atom stereocenters. The lowest BCUT2D eigenvalue weighted by Crippen LogP contribution is -2.40. The minimum atomic E-state index is -2.82. The second-order valence-corrected chi connectivity index (χ2v) is 8.50. The van der Waals surface area contributed by atoms with E-state index in [9.17, 15) is 8.42 Å². The van der Waals surface area contributed by atoms with Crippen molar-refractivity contribution in [3.63, 3.8) is 0 Å². The Hall–Kier alpha value is -1.56. The average Bonchev–Trinajstić information content (AvgIpc) is 2.83. The number of nitrogens with one attached hydrogen (secondary N) is 2. The topological polar surface area (TPSA) is 70.6 Å². The first-order valence-electron chi connectivity index (χ1n) is 8.18. The molecule has 0 aromatic heterocycles. The fourth-order valence-corrected chi connectivity index (χ4v) is 4.67. The van der Waals surface area contributed by atoms with Crippen molar-refractivity contribution < 1.29 is 8.42 Å². The van der Waals surface area contributed by atoms with Gasteiger partial charge in [0.25, 0.3) is 0 Å². The van der Waals surface area contributed by atoms with Crippen molar-refractivity contribution in [1.29, 1.82) is 0 Å². The van der Waals surface area contributed by atoms with Crippen LogP contribution in [0.15, 0.2) is 23.2 Å². The summed E-state index contributed by atoms with van der Waals surface area (Å²) in [5.74, 6) is 1.54. The van der Waals surface area contributed by atoms with E-state index in [1.165, 1.54) is 16.7 Å². The fraction of sp³-hybridized carbons (Fsp3) is 0.588. The van der Waals surface area contributed by atoms with E-state index in [0.29, 0.717) is 18.8 Å². The Morgan fingerprint density at radius 2 is 2.09 bits per heavy atom. The van der Waals surface area contributed by atoms with Crippen LogP contribution in [0.5, 0.6) is 0 Å². The van der Waals surface area contributed by atoms with E-state index in [1.807, 2.05) is 6.92 Å². The highest BCUT2D eigenvalue weighted by Crippen LogP contribution is 2.17. The Bertz CT molecular complexity index is 668. The van der Waals surface area contributed by atoms with Gasteiger partial charge in [0.05, 0.1) is 18.1 Å². The molecule has 0 aliphatic carbocycles. The van der Waals surface area contributed by atoms with Crippen LogP contribution in [0.1, 0.15) is 30.0 Å². The van der Waals surface area contributed by atoms with E-state index < -0.39 is 9.84 Å². The Morgan fingerprint density at radius 3 is 2.70 bits per heavy atom. The van der Waals surface area contributed by atoms with Crippen molar-refractivity contribution in [3.05, 3.63) is 34.9 Å². The smallest absolute Gasteiger partial charge is 0.191 e. The molecule has 128 valence electrons. The van der Waals surface area contributed by atoms with E-state index in [1.54, 1.807) is 0 Å². The molecule has 1 aliphatic heterocycles. The van der Waals surface area contributed by atoms with Crippen LogP contribution in [0.25, 0.3) is 0 Å². The van der Waals surface area contributed by atoms with E-state index >= 15 is 0 Å². The summed E-state index contributed by atoms with van der Waals surface area (Å²) < 4.78 is 23.0. The fourth-order valence-electron chi connectivity index (χ4n) is 2.80. The van der Waals surface area contributed by atoms with Crippen molar-refractivity contribution in [3.8, 4) is 0 Å². The Balaban J connectivity index is 1.94. The summed E-state index contributed by atoms with van der Waals surface area (Å²) in [6, 6.07) is 6.37. The average molecular weight is 337 g/mol. The molecule has 0 amide bonds. The standard InChI is InChI=1S/C17H27N3O2S/c1-4-18-17(19-10-15-7-8-23(21,22)12-15)20-11-16-6-5-13(2)9-14(16)3/h5-6,9,15H,4,7-8,10-12H2,1-3H3,(H2,18,19,20). The molecule has 2 rings (SSSR count). The van der Waals surface area contributed by atoms with Crippen molar-refractivity contribution >= 4 is 15.8 Å². The number of nitrogens with zero attached hydrogens (tertiary/aromatic N) is 1. The third-order valence-electron chi connectivity index (χ3n) is 4.13. The van der Waals surface area contributed by atoms with Crippen LogP contribution in [-0.2, 0) is 16.4 Å². The van der Waals surface area contributed by atoms with Gasteiger partial charge in [-0.05, 0) is 44.2 Å². The van der Waals surface area contributed by atoms with Crippen LogP contribution in [-0.4, -0.2) is 39.0 Å². The van der Waals surface area contributed by atoms with Gasteiger partial charge < -0.3 is 10.6 Å². The van der Waals surface area contributed by atoms with E-state index in [-0.39, 0.29) is 11.7 Å². The Kier molecular flexibility index (Phi) is 6.04. The predicted octanol–water partition coefficient (Wildman–Crippen LogP) is 1.79. The number of aliphatic imine (C=N–C) groups is 1. The van der Waals surface area contributed by atoms with Crippen LogP contribution < -0.4 is 10.6 Å². The van der Waals surface area contributed by atoms with Gasteiger partial charge in [-0.25, -0.2) is 13.4 Å². The third-order valence-corrected chi connectivity index (χ3v) is 5.97. The van der Waals surface area contributed by atoms with E-state index in [2.05, 4.69) is 47.7 Å². The molecule has 5 nitrogen and oxygen atoms in total. The summed E-state index contributed by atoms with van der Waals surface area (Å²) in [4.78, 5) is 4.62. The minimum Gasteiger partial charge on any atom is -0.357 e. The normalized spacial score (nSPS) is 20.5. The van der Waals surface area contributed by atoms with Crippen LogP contribution in [0.4, 0.5) is 0 Å². The number of benzene rings is 1. The van der Waals surface area contributed by atoms with Crippen LogP contribution in [0, 0.1) is 19.8 Å². The molecule has 2 N–H and O–H groups in total. The van der Waals surface area contributed by atoms with Gasteiger partial charge >= 0.3 is 0 Å². The lowest BCUT2D eigenvalue weighted by molar-refractivity contribution is 0.567. The van der Waals surface area contributed by atoms with Gasteiger partial charge in [-0.1, -0.05) is 23.8 Å². The van der Waals surface area contributed by atoms with Gasteiger partial charge in [-0.3, -0.25) is 0 Å². The maximum atomic E-state index is 11.5. The molecule has 0 spiro atoms. The number of hydrogen-bond donors (Lipinski definition) is 2. The summed E-state index contributed by atoms with van der Waals surface area (Å²) in [5, 5.41) is 6.49. The maximum absolute atomic E-state index is 11.5. The molecular formula is C17H27N3O2S. The second-order valence-electron chi connectivity index (χ2n) is 6.28. The first kappa shape index (κ1) is 17.8. The summed E-state index contributed by atoms with van der Waals surface area (Å²) in [6.07, 6.45) is 0.742. The molecule has 1 aromatic rings. The zero-order valence-corrected chi connectivity index (χ0v) is 15.0. The van der Waals surface area contributed by atoms with E-state index in [0.717, 1.165) is 18.9 Å². The van der Waals surface area contributed by atoms with Crippen LogP contribution in [0.2, 0.25) is 0 Å². The van der Waals surface area contributed by atoms with Crippen LogP contribution in [0.3, 0.4) is 0 Å². The molecule has 6 heteroatoms. The monoisotopic (exact) mass is 337 g/mol. The highest BCUT2D eigenvalue weighted by Gasteiger charge is 2.27. The SMILES string of the molecule is CCNC(=NCc1ccc(C)cc1C)NCC1CCS(=O)(=O)C1. The molecule has 0 radical (unpaired) electrons. The predicted molar refractivity (Wildman–Crippen MR) is 95.5 cm³/mol. The van der Waals surface area contributed by atoms with Gasteiger partial charge in [0.1, 0.15) is 0 Å². The summed E-state index contributed by atoms with van der Waals surface area (Å²) >= 11 is 0. The number of hydrogen-bond acceptors (Lipinski definition) is 3. The number of aryl methyl sites for hydroxylation is 2. The summed E-state index contributed by atoms with van der Waals surface area (Å²) in [7, 11) is -2.82. The van der Waals surface area contributed by atoms with Gasteiger partial charge in [0.2, 0.25) is 0 Å². The van der Waals surface area contributed by atoms with Gasteiger partial charge in [0, 0.05) is 13.1 Å². The number of guanidine groups is 1. The molecule has 1 fully saturated rings. The summed E-state index contributed by atoms with van der Waals surface area (Å²) in [6.45, 7) is 8.25. The quantitative estimate of drug-likeness (QED) is 0.635. The molecule has 1 saturated heterocycles. The van der Waals surface area contributed by atoms with Gasteiger partial charge in [0.15, 0.2) is 15.8 Å². The van der Waals surface area contributed by atoms with Crippen molar-refractivity contribution in [2.24, 2.45) is 10.9 Å². The van der Waals surface area contributed by atoms with E-state index in [4.69, 9.17) is 0 Å². The highest BCUT2D eigenvalue weighted by molar-refractivity contribution is 7.91. The van der Waals surface area contributed by atoms with Crippen molar-refractivity contribution in [2.75, 3.05) is 24.6 Å². The first-order chi connectivity index (χ1) is 10.9. The van der Waals surface area contributed by atoms with Crippen molar-refractivity contribution in [2.45, 2.75) is 33.7 Å². The minimum absolute atomic E-state index is 0.185. The third kappa shape index (κ3) is 5.53. The highest BCUT2D eigenvalue weighted by atomic mass is 32.2. The largest absolute Gasteiger partial charge is 0.357 e. The Morgan fingerprint density at radius 1 is 1.30 bits per heavy atom. The number of sulfone groups is 1. The molecule has 1 unspecified atom stereocenters. The molecule has 23 heavy (non-hydrogen) atoms. The van der Waals surface area contributed by atoms with Crippen LogP contribution >= 0.6 is 0 Å². The zero-order chi connectivity index (χ0) is 16.9. The van der Waals surface area contributed by atoms with Crippen molar-refractivity contribution in [1.82, 2.24) is 10.6 Å². The molecular weight excluding hydrogens is 310 g/mol. The van der Waals surface area contributed by atoms with Gasteiger partial charge in [-0.2, -0.15) is 0 Å². The molecule has 1 aromatic carbocycles. The molecule has 0 saturated carbocycles. The zero-order valence-electron chi connectivity index (χ0n) is 14.2. The second kappa shape index (κ2) is 7.81. The maximum Gasteiger partial charge on any atom is 0.191 e. The Labute approximate surface area is 139 Å². The first-order valence-corrected chi connectivity index (χ1v) is 10.0. The molecule has 1 heterocycles. The lowest BCUT2D eigenvalue weighted by atomic mass is 10.1. The molecule has 1 aliphatic rings. The number of rotatable bonds is 5. The lowest BCUT2D eigenvalue weighted by Gasteiger charge is -2.14. The van der Waals surface area contributed by atoms with Gasteiger partial charge in [-0.15, -0.1) is 0 Å². The molecule has 0 bridgehead atoms.